The van der Waals surface area contributed by atoms with Crippen molar-refractivity contribution in [2.75, 3.05) is 5.73 Å². The molecule has 2 heterocycles. The van der Waals surface area contributed by atoms with Crippen LogP contribution in [-0.4, -0.2) is 20.2 Å². The average Bonchev–Trinajstić information content (AvgIpc) is 2.96. The normalized spacial score (nSPS) is 10.8. The summed E-state index contributed by atoms with van der Waals surface area (Å²) in [6.07, 6.45) is 1.71. The van der Waals surface area contributed by atoms with Crippen molar-refractivity contribution in [3.63, 3.8) is 0 Å². The molecule has 0 saturated carbocycles. The van der Waals surface area contributed by atoms with E-state index in [4.69, 9.17) is 21.8 Å². The Morgan fingerprint density at radius 2 is 2.00 bits per heavy atom. The molecule has 2 N–H and O–H groups in total. The van der Waals surface area contributed by atoms with E-state index in [9.17, 15) is 0 Å². The van der Waals surface area contributed by atoms with E-state index in [0.29, 0.717) is 33.5 Å². The number of anilines is 1. The van der Waals surface area contributed by atoms with Crippen LogP contribution in [0.4, 0.5) is 5.82 Å². The summed E-state index contributed by atoms with van der Waals surface area (Å²) in [5.41, 5.74) is 7.51. The number of rotatable bonds is 4. The van der Waals surface area contributed by atoms with Gasteiger partial charge in [0.2, 0.25) is 5.89 Å². The molecule has 0 bridgehead atoms. The maximum absolute atomic E-state index is 5.85. The Morgan fingerprint density at radius 1 is 1.23 bits per heavy atom. The van der Waals surface area contributed by atoms with Gasteiger partial charge >= 0.3 is 0 Å². The van der Waals surface area contributed by atoms with Crippen molar-refractivity contribution >= 4 is 29.2 Å². The zero-order valence-corrected chi connectivity index (χ0v) is 13.2. The zero-order valence-electron chi connectivity index (χ0n) is 11.7. The highest BCUT2D eigenvalue weighted by Crippen LogP contribution is 2.27. The molecule has 22 heavy (non-hydrogen) atoms. The first-order valence-corrected chi connectivity index (χ1v) is 7.78. The van der Waals surface area contributed by atoms with Crippen LogP contribution in [0, 0.1) is 6.92 Å². The van der Waals surface area contributed by atoms with Crippen LogP contribution in [0.5, 0.6) is 0 Å². The Hall–Kier alpha value is -2.12. The lowest BCUT2D eigenvalue weighted by Crippen LogP contribution is -2.00. The Morgan fingerprint density at radius 3 is 2.73 bits per heavy atom. The van der Waals surface area contributed by atoms with Gasteiger partial charge in [-0.25, -0.2) is 9.97 Å². The van der Waals surface area contributed by atoms with Gasteiger partial charge in [-0.3, -0.25) is 0 Å². The highest BCUT2D eigenvalue weighted by atomic mass is 35.5. The SMILES string of the molecule is Cc1ncc(CSc2nnc(-c3ccc(Cl)cc3)o2)c(N)n1. The molecular weight excluding hydrogens is 322 g/mol. The lowest BCUT2D eigenvalue weighted by Gasteiger charge is -2.02. The van der Waals surface area contributed by atoms with Crippen molar-refractivity contribution in [3.05, 3.63) is 46.9 Å². The molecule has 3 aromatic rings. The van der Waals surface area contributed by atoms with Crippen molar-refractivity contribution < 1.29 is 4.42 Å². The van der Waals surface area contributed by atoms with Gasteiger partial charge in [0.1, 0.15) is 11.6 Å². The number of aryl methyl sites for hydroxylation is 1. The Bertz CT molecular complexity index is 790. The first-order valence-electron chi connectivity index (χ1n) is 6.42. The van der Waals surface area contributed by atoms with E-state index in [-0.39, 0.29) is 0 Å². The molecule has 0 fully saturated rings. The minimum atomic E-state index is 0.451. The van der Waals surface area contributed by atoms with Crippen LogP contribution in [0.25, 0.3) is 11.5 Å². The second-order valence-electron chi connectivity index (χ2n) is 4.50. The van der Waals surface area contributed by atoms with Gasteiger partial charge in [0.25, 0.3) is 5.22 Å². The monoisotopic (exact) mass is 333 g/mol. The summed E-state index contributed by atoms with van der Waals surface area (Å²) in [7, 11) is 0. The van der Waals surface area contributed by atoms with E-state index < -0.39 is 0 Å². The number of aromatic nitrogens is 4. The van der Waals surface area contributed by atoms with Crippen LogP contribution in [0.2, 0.25) is 5.02 Å². The van der Waals surface area contributed by atoms with E-state index in [1.54, 1.807) is 25.3 Å². The first-order chi connectivity index (χ1) is 10.6. The average molecular weight is 334 g/mol. The van der Waals surface area contributed by atoms with Crippen molar-refractivity contribution in [1.82, 2.24) is 20.2 Å². The summed E-state index contributed by atoms with van der Waals surface area (Å²) in [6.45, 7) is 1.80. The van der Waals surface area contributed by atoms with E-state index >= 15 is 0 Å². The van der Waals surface area contributed by atoms with Crippen molar-refractivity contribution in [1.29, 1.82) is 0 Å². The molecule has 112 valence electrons. The minimum Gasteiger partial charge on any atom is -0.411 e. The van der Waals surface area contributed by atoms with Gasteiger partial charge in [-0.1, -0.05) is 23.4 Å². The van der Waals surface area contributed by atoms with Gasteiger partial charge in [-0.2, -0.15) is 0 Å². The summed E-state index contributed by atoms with van der Waals surface area (Å²) in [5.74, 6) is 2.13. The van der Waals surface area contributed by atoms with Gasteiger partial charge in [-0.15, -0.1) is 10.2 Å². The van der Waals surface area contributed by atoms with Crippen molar-refractivity contribution in [3.8, 4) is 11.5 Å². The van der Waals surface area contributed by atoms with E-state index in [1.165, 1.54) is 11.8 Å². The third-order valence-electron chi connectivity index (χ3n) is 2.87. The highest BCUT2D eigenvalue weighted by molar-refractivity contribution is 7.98. The number of hydrogen-bond acceptors (Lipinski definition) is 7. The molecule has 0 spiro atoms. The van der Waals surface area contributed by atoms with Crippen LogP contribution in [0.1, 0.15) is 11.4 Å². The first kappa shape index (κ1) is 14.8. The van der Waals surface area contributed by atoms with Gasteiger partial charge in [0.05, 0.1) is 0 Å². The predicted molar refractivity (Wildman–Crippen MR) is 85.5 cm³/mol. The molecule has 0 aliphatic rings. The number of benzene rings is 1. The van der Waals surface area contributed by atoms with Crippen LogP contribution < -0.4 is 5.73 Å². The van der Waals surface area contributed by atoms with E-state index in [0.717, 1.165) is 11.1 Å². The second-order valence-corrected chi connectivity index (χ2v) is 5.86. The van der Waals surface area contributed by atoms with Crippen molar-refractivity contribution in [2.24, 2.45) is 0 Å². The smallest absolute Gasteiger partial charge is 0.277 e. The topological polar surface area (TPSA) is 90.7 Å². The maximum Gasteiger partial charge on any atom is 0.277 e. The van der Waals surface area contributed by atoms with Crippen LogP contribution in [-0.2, 0) is 5.75 Å². The molecule has 0 aliphatic carbocycles. The Labute approximate surface area is 136 Å². The van der Waals surface area contributed by atoms with Crippen LogP contribution in [0.15, 0.2) is 40.1 Å². The number of nitrogens with two attached hydrogens (primary N) is 1. The largest absolute Gasteiger partial charge is 0.411 e. The third kappa shape index (κ3) is 3.37. The van der Waals surface area contributed by atoms with E-state index in [2.05, 4.69) is 20.2 Å². The van der Waals surface area contributed by atoms with Crippen LogP contribution >= 0.6 is 23.4 Å². The molecule has 0 aliphatic heterocycles. The number of halogens is 1. The molecule has 0 atom stereocenters. The standard InChI is InChI=1S/C14H12ClN5OS/c1-8-17-6-10(12(16)18-8)7-22-14-20-19-13(21-14)9-2-4-11(15)5-3-9/h2-6H,7H2,1H3,(H2,16,17,18). The molecule has 3 rings (SSSR count). The summed E-state index contributed by atoms with van der Waals surface area (Å²) >= 11 is 7.24. The molecule has 0 unspecified atom stereocenters. The summed E-state index contributed by atoms with van der Waals surface area (Å²) in [5, 5.41) is 9.15. The molecular formula is C14H12ClN5OS. The van der Waals surface area contributed by atoms with Crippen LogP contribution in [0.3, 0.4) is 0 Å². The highest BCUT2D eigenvalue weighted by Gasteiger charge is 2.10. The third-order valence-corrected chi connectivity index (χ3v) is 3.99. The fourth-order valence-corrected chi connectivity index (χ4v) is 2.60. The minimum absolute atomic E-state index is 0.451. The molecule has 1 aromatic carbocycles. The molecule has 6 nitrogen and oxygen atoms in total. The summed E-state index contributed by atoms with van der Waals surface area (Å²) in [6, 6.07) is 7.21. The lowest BCUT2D eigenvalue weighted by molar-refractivity contribution is 0.466. The lowest BCUT2D eigenvalue weighted by atomic mass is 10.2. The molecule has 0 amide bonds. The predicted octanol–water partition coefficient (Wildman–Crippen LogP) is 3.36. The fraction of sp³-hybridized carbons (Fsp3) is 0.143. The Kier molecular flexibility index (Phi) is 4.26. The molecule has 0 saturated heterocycles. The van der Waals surface area contributed by atoms with Crippen molar-refractivity contribution in [2.45, 2.75) is 17.9 Å². The van der Waals surface area contributed by atoms with Gasteiger partial charge in [0.15, 0.2) is 0 Å². The molecule has 2 aromatic heterocycles. The van der Waals surface area contributed by atoms with Gasteiger partial charge in [-0.05, 0) is 31.2 Å². The van der Waals surface area contributed by atoms with E-state index in [1.807, 2.05) is 12.1 Å². The summed E-state index contributed by atoms with van der Waals surface area (Å²) in [4.78, 5) is 8.25. The number of thioether (sulfide) groups is 1. The molecule has 0 radical (unpaired) electrons. The Balaban J connectivity index is 1.70. The number of hydrogen-bond donors (Lipinski definition) is 1. The second kappa shape index (κ2) is 6.33. The quantitative estimate of drug-likeness (QED) is 0.732. The number of nitrogen functional groups attached to an aromatic ring is 1. The maximum atomic E-state index is 5.85. The van der Waals surface area contributed by atoms with Gasteiger partial charge in [0, 0.05) is 28.1 Å². The zero-order chi connectivity index (χ0) is 15.5. The molecule has 8 heteroatoms. The van der Waals surface area contributed by atoms with Gasteiger partial charge < -0.3 is 10.2 Å². The summed E-state index contributed by atoms with van der Waals surface area (Å²) < 4.78 is 5.61. The fourth-order valence-electron chi connectivity index (χ4n) is 1.74. The number of nitrogens with zero attached hydrogens (tertiary/aromatic N) is 4.